The van der Waals surface area contributed by atoms with Gasteiger partial charge in [-0.3, -0.25) is 9.78 Å². The van der Waals surface area contributed by atoms with Crippen molar-refractivity contribution in [2.75, 3.05) is 0 Å². The molecule has 0 saturated heterocycles. The number of ketones is 1. The molecule has 3 heteroatoms. The van der Waals surface area contributed by atoms with Crippen LogP contribution in [0.1, 0.15) is 43.6 Å². The zero-order valence-electron chi connectivity index (χ0n) is 9.89. The van der Waals surface area contributed by atoms with Crippen LogP contribution >= 0.6 is 0 Å². The highest BCUT2D eigenvalue weighted by Gasteiger charge is 2.30. The third-order valence-corrected chi connectivity index (χ3v) is 3.78. The van der Waals surface area contributed by atoms with Gasteiger partial charge in [0.15, 0.2) is 5.78 Å². The van der Waals surface area contributed by atoms with E-state index in [9.17, 15) is 4.79 Å². The minimum absolute atomic E-state index is 0.155. The molecule has 1 heterocycles. The first kappa shape index (κ1) is 11.2. The maximum Gasteiger partial charge on any atom is 0.185 e. The molecule has 0 radical (unpaired) electrons. The van der Waals surface area contributed by atoms with Crippen LogP contribution < -0.4 is 0 Å². The van der Waals surface area contributed by atoms with E-state index in [0.717, 1.165) is 25.2 Å². The molecule has 1 aromatic heterocycles. The van der Waals surface area contributed by atoms with Gasteiger partial charge in [0.2, 0.25) is 0 Å². The van der Waals surface area contributed by atoms with E-state index in [2.05, 4.69) is 23.8 Å². The zero-order chi connectivity index (χ0) is 11.5. The Morgan fingerprint density at radius 1 is 1.25 bits per heavy atom. The molecule has 3 atom stereocenters. The van der Waals surface area contributed by atoms with Gasteiger partial charge in [-0.2, -0.15) is 0 Å². The van der Waals surface area contributed by atoms with Crippen LogP contribution in [0.15, 0.2) is 18.6 Å². The van der Waals surface area contributed by atoms with Crippen molar-refractivity contribution < 1.29 is 4.79 Å². The average molecular weight is 218 g/mol. The highest BCUT2D eigenvalue weighted by Crippen LogP contribution is 2.34. The molecule has 0 bridgehead atoms. The SMILES string of the molecule is CC1CCC(C(=O)c2cnccn2)CC1C. The maximum atomic E-state index is 12.1. The number of carbonyl (C=O) groups is 1. The lowest BCUT2D eigenvalue weighted by Crippen LogP contribution is -2.27. The highest BCUT2D eigenvalue weighted by molar-refractivity contribution is 5.95. The predicted octanol–water partition coefficient (Wildman–Crippen LogP) is 2.73. The Hall–Kier alpha value is -1.25. The normalized spacial score (nSPS) is 30.0. The summed E-state index contributed by atoms with van der Waals surface area (Å²) in [6.07, 6.45) is 7.91. The minimum Gasteiger partial charge on any atom is -0.292 e. The van der Waals surface area contributed by atoms with Gasteiger partial charge >= 0.3 is 0 Å². The molecule has 0 N–H and O–H groups in total. The van der Waals surface area contributed by atoms with Crippen molar-refractivity contribution in [3.05, 3.63) is 24.3 Å². The number of nitrogens with zero attached hydrogens (tertiary/aromatic N) is 2. The lowest BCUT2D eigenvalue weighted by molar-refractivity contribution is 0.0832. The fourth-order valence-corrected chi connectivity index (χ4v) is 2.42. The molecular weight excluding hydrogens is 200 g/mol. The Morgan fingerprint density at radius 3 is 2.69 bits per heavy atom. The van der Waals surface area contributed by atoms with Crippen LogP contribution in [-0.2, 0) is 0 Å². The van der Waals surface area contributed by atoms with Gasteiger partial charge in [-0.05, 0) is 31.1 Å². The summed E-state index contributed by atoms with van der Waals surface area (Å²) < 4.78 is 0. The van der Waals surface area contributed by atoms with Gasteiger partial charge in [0, 0.05) is 18.3 Å². The van der Waals surface area contributed by atoms with Crippen molar-refractivity contribution in [3.8, 4) is 0 Å². The molecule has 0 aromatic carbocycles. The predicted molar refractivity (Wildman–Crippen MR) is 62.0 cm³/mol. The van der Waals surface area contributed by atoms with E-state index in [-0.39, 0.29) is 11.7 Å². The van der Waals surface area contributed by atoms with Gasteiger partial charge in [-0.15, -0.1) is 0 Å². The fraction of sp³-hybridized carbons (Fsp3) is 0.615. The second-order valence-electron chi connectivity index (χ2n) is 4.92. The number of Topliss-reactive ketones (excluding diaryl/α,β-unsaturated/α-hetero) is 1. The van der Waals surface area contributed by atoms with E-state index in [1.807, 2.05) is 0 Å². The van der Waals surface area contributed by atoms with Crippen LogP contribution in [0.5, 0.6) is 0 Å². The molecule has 1 aliphatic carbocycles. The molecule has 1 saturated carbocycles. The van der Waals surface area contributed by atoms with Gasteiger partial charge in [-0.1, -0.05) is 13.8 Å². The largest absolute Gasteiger partial charge is 0.292 e. The van der Waals surface area contributed by atoms with Crippen molar-refractivity contribution in [3.63, 3.8) is 0 Å². The van der Waals surface area contributed by atoms with E-state index < -0.39 is 0 Å². The summed E-state index contributed by atoms with van der Waals surface area (Å²) in [6, 6.07) is 0. The van der Waals surface area contributed by atoms with Crippen LogP contribution in [0.4, 0.5) is 0 Å². The number of hydrogen-bond donors (Lipinski definition) is 0. The van der Waals surface area contributed by atoms with E-state index >= 15 is 0 Å². The van der Waals surface area contributed by atoms with Crippen molar-refractivity contribution in [2.45, 2.75) is 33.1 Å². The molecule has 0 amide bonds. The Kier molecular flexibility index (Phi) is 3.32. The van der Waals surface area contributed by atoms with Gasteiger partial charge in [0.1, 0.15) is 5.69 Å². The quantitative estimate of drug-likeness (QED) is 0.717. The summed E-state index contributed by atoms with van der Waals surface area (Å²) in [7, 11) is 0. The first-order chi connectivity index (χ1) is 7.68. The van der Waals surface area contributed by atoms with Crippen LogP contribution in [0.3, 0.4) is 0 Å². The second-order valence-corrected chi connectivity index (χ2v) is 4.92. The molecular formula is C13H18N2O. The van der Waals surface area contributed by atoms with Crippen LogP contribution in [-0.4, -0.2) is 15.8 Å². The average Bonchev–Trinajstić information content (AvgIpc) is 2.33. The number of carbonyl (C=O) groups excluding carboxylic acids is 1. The molecule has 1 aliphatic rings. The summed E-state index contributed by atoms with van der Waals surface area (Å²) in [5.74, 6) is 1.71. The fourth-order valence-electron chi connectivity index (χ4n) is 2.42. The summed E-state index contributed by atoms with van der Waals surface area (Å²) in [4.78, 5) is 20.2. The van der Waals surface area contributed by atoms with Crippen molar-refractivity contribution in [1.29, 1.82) is 0 Å². The van der Waals surface area contributed by atoms with Gasteiger partial charge in [0.05, 0.1) is 6.20 Å². The molecule has 0 spiro atoms. The Balaban J connectivity index is 2.06. The standard InChI is InChI=1S/C13H18N2O/c1-9-3-4-11(7-10(9)2)13(16)12-8-14-5-6-15-12/h5-6,8-11H,3-4,7H2,1-2H3. The third kappa shape index (κ3) is 2.29. The van der Waals surface area contributed by atoms with Gasteiger partial charge < -0.3 is 0 Å². The lowest BCUT2D eigenvalue weighted by Gasteiger charge is -2.30. The second kappa shape index (κ2) is 4.73. The maximum absolute atomic E-state index is 12.1. The molecule has 3 unspecified atom stereocenters. The van der Waals surface area contributed by atoms with Gasteiger partial charge in [0.25, 0.3) is 0 Å². The van der Waals surface area contributed by atoms with E-state index in [0.29, 0.717) is 11.6 Å². The Bertz CT molecular complexity index is 363. The summed E-state index contributed by atoms with van der Waals surface area (Å²) in [5.41, 5.74) is 0.522. The first-order valence-electron chi connectivity index (χ1n) is 5.98. The van der Waals surface area contributed by atoms with Crippen LogP contribution in [0, 0.1) is 17.8 Å². The summed E-state index contributed by atoms with van der Waals surface area (Å²) in [5, 5.41) is 0. The molecule has 0 aliphatic heterocycles. The molecule has 16 heavy (non-hydrogen) atoms. The molecule has 2 rings (SSSR count). The van der Waals surface area contributed by atoms with Crippen LogP contribution in [0.2, 0.25) is 0 Å². The monoisotopic (exact) mass is 218 g/mol. The first-order valence-corrected chi connectivity index (χ1v) is 5.98. The number of aromatic nitrogens is 2. The van der Waals surface area contributed by atoms with Crippen molar-refractivity contribution in [1.82, 2.24) is 9.97 Å². The smallest absolute Gasteiger partial charge is 0.185 e. The topological polar surface area (TPSA) is 42.9 Å². The van der Waals surface area contributed by atoms with E-state index in [4.69, 9.17) is 0 Å². The summed E-state index contributed by atoms with van der Waals surface area (Å²) in [6.45, 7) is 4.51. The Morgan fingerprint density at radius 2 is 2.06 bits per heavy atom. The molecule has 3 nitrogen and oxygen atoms in total. The van der Waals surface area contributed by atoms with Crippen LogP contribution in [0.25, 0.3) is 0 Å². The Labute approximate surface area is 96.3 Å². The van der Waals surface area contributed by atoms with Gasteiger partial charge in [-0.25, -0.2) is 4.98 Å². The number of rotatable bonds is 2. The molecule has 86 valence electrons. The zero-order valence-corrected chi connectivity index (χ0v) is 9.89. The summed E-state index contributed by atoms with van der Waals surface area (Å²) >= 11 is 0. The lowest BCUT2D eigenvalue weighted by atomic mass is 9.74. The van der Waals surface area contributed by atoms with E-state index in [1.54, 1.807) is 18.6 Å². The third-order valence-electron chi connectivity index (χ3n) is 3.78. The molecule has 1 fully saturated rings. The number of hydrogen-bond acceptors (Lipinski definition) is 3. The van der Waals surface area contributed by atoms with Crippen molar-refractivity contribution in [2.24, 2.45) is 17.8 Å². The highest BCUT2D eigenvalue weighted by atomic mass is 16.1. The van der Waals surface area contributed by atoms with Crippen molar-refractivity contribution >= 4 is 5.78 Å². The minimum atomic E-state index is 0.155. The van der Waals surface area contributed by atoms with E-state index in [1.165, 1.54) is 0 Å². The molecule has 1 aromatic rings.